The highest BCUT2D eigenvalue weighted by atomic mass is 32.2. The number of benzene rings is 2. The van der Waals surface area contributed by atoms with E-state index in [0.717, 1.165) is 11.1 Å². The number of methoxy groups -OCH3 is 1. The number of amides is 1. The fourth-order valence-electron chi connectivity index (χ4n) is 2.26. The van der Waals surface area contributed by atoms with Gasteiger partial charge < -0.3 is 10.1 Å². The lowest BCUT2D eigenvalue weighted by Gasteiger charge is -2.09. The molecule has 0 atom stereocenters. The van der Waals surface area contributed by atoms with Gasteiger partial charge in [0.25, 0.3) is 5.91 Å². The van der Waals surface area contributed by atoms with E-state index in [2.05, 4.69) is 10.0 Å². The molecule has 2 rings (SSSR count). The van der Waals surface area contributed by atoms with Crippen LogP contribution in [0.1, 0.15) is 21.5 Å². The van der Waals surface area contributed by atoms with Crippen LogP contribution >= 0.6 is 0 Å². The van der Waals surface area contributed by atoms with Gasteiger partial charge in [0, 0.05) is 25.8 Å². The van der Waals surface area contributed by atoms with Crippen molar-refractivity contribution in [2.24, 2.45) is 0 Å². The summed E-state index contributed by atoms with van der Waals surface area (Å²) in [6.07, 6.45) is 0. The number of sulfonamides is 1. The van der Waals surface area contributed by atoms with Gasteiger partial charge in [-0.05, 0) is 30.7 Å². The molecule has 2 N–H and O–H groups in total. The lowest BCUT2D eigenvalue weighted by Crippen LogP contribution is -2.27. The first-order valence-electron chi connectivity index (χ1n) is 7.85. The van der Waals surface area contributed by atoms with Crippen molar-refractivity contribution in [1.29, 1.82) is 0 Å². The molecule has 2 aromatic carbocycles. The first kappa shape index (κ1) is 19.1. The van der Waals surface area contributed by atoms with E-state index in [1.165, 1.54) is 12.1 Å². The second-order valence-electron chi connectivity index (χ2n) is 5.59. The standard InChI is InChI=1S/C18H22N2O4S/c1-14-5-3-6-15(11-14)13-20-25(22,23)17-8-4-7-16(12-17)18(21)19-9-10-24-2/h3-8,11-12,20H,9-10,13H2,1-2H3,(H,19,21). The Morgan fingerprint density at radius 1 is 1.12 bits per heavy atom. The molecule has 0 unspecified atom stereocenters. The molecular formula is C18H22N2O4S. The molecule has 6 nitrogen and oxygen atoms in total. The minimum atomic E-state index is -3.71. The Morgan fingerprint density at radius 3 is 2.60 bits per heavy atom. The fourth-order valence-corrected chi connectivity index (χ4v) is 3.32. The quantitative estimate of drug-likeness (QED) is 0.702. The van der Waals surface area contributed by atoms with Gasteiger partial charge in [0.15, 0.2) is 0 Å². The molecule has 134 valence electrons. The van der Waals surface area contributed by atoms with Crippen molar-refractivity contribution in [1.82, 2.24) is 10.0 Å². The molecule has 0 aliphatic carbocycles. The zero-order chi connectivity index (χ0) is 18.3. The summed E-state index contributed by atoms with van der Waals surface area (Å²) in [5.41, 5.74) is 2.22. The third-order valence-electron chi connectivity index (χ3n) is 3.55. The van der Waals surface area contributed by atoms with Gasteiger partial charge in [-0.25, -0.2) is 13.1 Å². The highest BCUT2D eigenvalue weighted by Crippen LogP contribution is 2.13. The maximum absolute atomic E-state index is 12.5. The number of hydrogen-bond donors (Lipinski definition) is 2. The number of nitrogens with one attached hydrogen (secondary N) is 2. The van der Waals surface area contributed by atoms with E-state index in [9.17, 15) is 13.2 Å². The first-order valence-corrected chi connectivity index (χ1v) is 9.33. The lowest BCUT2D eigenvalue weighted by molar-refractivity contribution is 0.0937. The van der Waals surface area contributed by atoms with Crippen molar-refractivity contribution < 1.29 is 17.9 Å². The van der Waals surface area contributed by atoms with Crippen molar-refractivity contribution in [3.05, 3.63) is 65.2 Å². The van der Waals surface area contributed by atoms with E-state index in [-0.39, 0.29) is 22.9 Å². The van der Waals surface area contributed by atoms with E-state index in [1.54, 1.807) is 19.2 Å². The van der Waals surface area contributed by atoms with Crippen LogP contribution in [0.4, 0.5) is 0 Å². The van der Waals surface area contributed by atoms with Crippen LogP contribution in [0.2, 0.25) is 0 Å². The Bertz CT molecular complexity index is 834. The number of carbonyl (C=O) groups is 1. The van der Waals surface area contributed by atoms with Crippen LogP contribution in [-0.2, 0) is 21.3 Å². The molecule has 25 heavy (non-hydrogen) atoms. The van der Waals surface area contributed by atoms with Crippen LogP contribution in [0.15, 0.2) is 53.4 Å². The SMILES string of the molecule is COCCNC(=O)c1cccc(S(=O)(=O)NCc2cccc(C)c2)c1. The van der Waals surface area contributed by atoms with E-state index in [0.29, 0.717) is 13.2 Å². The summed E-state index contributed by atoms with van der Waals surface area (Å²) < 4.78 is 32.4. The highest BCUT2D eigenvalue weighted by Gasteiger charge is 2.16. The molecule has 0 radical (unpaired) electrons. The van der Waals surface area contributed by atoms with Crippen LogP contribution in [0.25, 0.3) is 0 Å². The number of carbonyl (C=O) groups excluding carboxylic acids is 1. The van der Waals surface area contributed by atoms with E-state index in [4.69, 9.17) is 4.74 Å². The van der Waals surface area contributed by atoms with E-state index in [1.807, 2.05) is 31.2 Å². The Kier molecular flexibility index (Phi) is 6.69. The first-order chi connectivity index (χ1) is 11.9. The highest BCUT2D eigenvalue weighted by molar-refractivity contribution is 7.89. The van der Waals surface area contributed by atoms with Crippen molar-refractivity contribution in [3.63, 3.8) is 0 Å². The third-order valence-corrected chi connectivity index (χ3v) is 4.95. The Morgan fingerprint density at radius 2 is 1.88 bits per heavy atom. The molecule has 0 heterocycles. The van der Waals surface area contributed by atoms with Gasteiger partial charge >= 0.3 is 0 Å². The molecule has 0 aromatic heterocycles. The fraction of sp³-hybridized carbons (Fsp3) is 0.278. The summed E-state index contributed by atoms with van der Waals surface area (Å²) in [5.74, 6) is -0.340. The lowest BCUT2D eigenvalue weighted by atomic mass is 10.1. The van der Waals surface area contributed by atoms with Crippen molar-refractivity contribution >= 4 is 15.9 Å². The molecule has 0 aliphatic rings. The Hall–Kier alpha value is -2.22. The third kappa shape index (κ3) is 5.67. The molecule has 2 aromatic rings. The predicted molar refractivity (Wildman–Crippen MR) is 95.9 cm³/mol. The molecule has 0 aliphatic heterocycles. The van der Waals surface area contributed by atoms with Crippen molar-refractivity contribution in [2.75, 3.05) is 20.3 Å². The van der Waals surface area contributed by atoms with Gasteiger partial charge in [0.2, 0.25) is 10.0 Å². The topological polar surface area (TPSA) is 84.5 Å². The van der Waals surface area contributed by atoms with Gasteiger partial charge in [-0.1, -0.05) is 35.9 Å². The van der Waals surface area contributed by atoms with Crippen molar-refractivity contribution in [2.45, 2.75) is 18.4 Å². The number of ether oxygens (including phenoxy) is 1. The summed E-state index contributed by atoms with van der Waals surface area (Å²) in [6.45, 7) is 2.89. The smallest absolute Gasteiger partial charge is 0.251 e. The number of rotatable bonds is 8. The van der Waals surface area contributed by atoms with Gasteiger partial charge in [-0.3, -0.25) is 4.79 Å². The molecule has 7 heteroatoms. The van der Waals surface area contributed by atoms with Gasteiger partial charge in [-0.15, -0.1) is 0 Å². The molecule has 0 saturated heterocycles. The summed E-state index contributed by atoms with van der Waals surface area (Å²) in [6, 6.07) is 13.5. The van der Waals surface area contributed by atoms with Crippen LogP contribution in [0.5, 0.6) is 0 Å². The Balaban J connectivity index is 2.08. The molecule has 0 saturated carbocycles. The molecular weight excluding hydrogens is 340 g/mol. The van der Waals surface area contributed by atoms with Crippen LogP contribution < -0.4 is 10.0 Å². The normalized spacial score (nSPS) is 11.3. The number of aryl methyl sites for hydroxylation is 1. The van der Waals surface area contributed by atoms with Gasteiger partial charge in [0.05, 0.1) is 11.5 Å². The maximum Gasteiger partial charge on any atom is 0.251 e. The molecule has 0 fully saturated rings. The minimum absolute atomic E-state index is 0.0551. The summed E-state index contributed by atoms with van der Waals surface area (Å²) >= 11 is 0. The largest absolute Gasteiger partial charge is 0.383 e. The second kappa shape index (κ2) is 8.75. The summed E-state index contributed by atoms with van der Waals surface area (Å²) in [5, 5.41) is 2.66. The second-order valence-corrected chi connectivity index (χ2v) is 7.36. The minimum Gasteiger partial charge on any atom is -0.383 e. The number of hydrogen-bond acceptors (Lipinski definition) is 4. The molecule has 1 amide bonds. The average Bonchev–Trinajstić information content (AvgIpc) is 2.60. The van der Waals surface area contributed by atoms with E-state index >= 15 is 0 Å². The maximum atomic E-state index is 12.5. The summed E-state index contributed by atoms with van der Waals surface area (Å²) in [7, 11) is -2.17. The molecule has 0 bridgehead atoms. The predicted octanol–water partition coefficient (Wildman–Crippen LogP) is 1.85. The van der Waals surface area contributed by atoms with Crippen LogP contribution in [-0.4, -0.2) is 34.6 Å². The van der Waals surface area contributed by atoms with Gasteiger partial charge in [0.1, 0.15) is 0 Å². The Labute approximate surface area is 148 Å². The van der Waals surface area contributed by atoms with Crippen LogP contribution in [0.3, 0.4) is 0 Å². The van der Waals surface area contributed by atoms with Crippen LogP contribution in [0, 0.1) is 6.92 Å². The van der Waals surface area contributed by atoms with E-state index < -0.39 is 10.0 Å². The van der Waals surface area contributed by atoms with Gasteiger partial charge in [-0.2, -0.15) is 0 Å². The van der Waals surface area contributed by atoms with Crippen molar-refractivity contribution in [3.8, 4) is 0 Å². The summed E-state index contributed by atoms with van der Waals surface area (Å²) in [4.78, 5) is 12.1. The zero-order valence-corrected chi connectivity index (χ0v) is 15.1. The zero-order valence-electron chi connectivity index (χ0n) is 14.3. The monoisotopic (exact) mass is 362 g/mol. The average molecular weight is 362 g/mol. The molecule has 0 spiro atoms.